The van der Waals surface area contributed by atoms with E-state index in [1.54, 1.807) is 0 Å². The minimum Gasteiger partial charge on any atom is -0.369 e. The van der Waals surface area contributed by atoms with Crippen molar-refractivity contribution in [3.05, 3.63) is 30.1 Å². The van der Waals surface area contributed by atoms with Gasteiger partial charge in [0.1, 0.15) is 0 Å². The standard InChI is InChI=1S/C16H25N3O3S/c1-23(20,21)18-11-15-6-4-7-16(22-15)8-10-19(13-16)12-14-5-2-3-9-17-14/h2-3,5,9,15,18H,4,6-8,10-13H2,1H3/t15-,16+/m0/s1. The number of pyridine rings is 1. The lowest BCUT2D eigenvalue weighted by molar-refractivity contribution is -0.118. The Morgan fingerprint density at radius 1 is 1.43 bits per heavy atom. The van der Waals surface area contributed by atoms with Crippen molar-refractivity contribution in [3.8, 4) is 0 Å². The Kier molecular flexibility index (Phi) is 5.01. The van der Waals surface area contributed by atoms with Crippen molar-refractivity contribution in [2.24, 2.45) is 0 Å². The lowest BCUT2D eigenvalue weighted by Crippen LogP contribution is -2.46. The molecule has 1 aromatic heterocycles. The number of nitrogens with one attached hydrogen (secondary N) is 1. The van der Waals surface area contributed by atoms with E-state index in [1.165, 1.54) is 6.26 Å². The van der Waals surface area contributed by atoms with E-state index < -0.39 is 10.0 Å². The molecule has 3 rings (SSSR count). The van der Waals surface area contributed by atoms with Gasteiger partial charge < -0.3 is 4.74 Å². The third-order valence-electron chi connectivity index (χ3n) is 4.66. The molecule has 1 N–H and O–H groups in total. The Morgan fingerprint density at radius 2 is 2.30 bits per heavy atom. The third-order valence-corrected chi connectivity index (χ3v) is 5.35. The van der Waals surface area contributed by atoms with Crippen LogP contribution < -0.4 is 4.72 Å². The SMILES string of the molecule is CS(=O)(=O)NC[C@@H]1CCC[C@]2(CCN(Cc3ccccn3)C2)O1. The summed E-state index contributed by atoms with van der Waals surface area (Å²) in [5, 5.41) is 0. The highest BCUT2D eigenvalue weighted by atomic mass is 32.2. The van der Waals surface area contributed by atoms with Crippen LogP contribution >= 0.6 is 0 Å². The summed E-state index contributed by atoms with van der Waals surface area (Å²) in [6.07, 6.45) is 7.07. The maximum atomic E-state index is 11.3. The summed E-state index contributed by atoms with van der Waals surface area (Å²) in [7, 11) is -3.16. The van der Waals surface area contributed by atoms with Gasteiger partial charge in [0.05, 0.1) is 23.7 Å². The predicted octanol–water partition coefficient (Wildman–Crippen LogP) is 1.14. The van der Waals surface area contributed by atoms with Gasteiger partial charge in [-0.1, -0.05) is 6.07 Å². The molecule has 0 aliphatic carbocycles. The first-order valence-corrected chi connectivity index (χ1v) is 10.1. The molecule has 6 nitrogen and oxygen atoms in total. The van der Waals surface area contributed by atoms with Crippen LogP contribution in [0.4, 0.5) is 0 Å². The molecule has 0 radical (unpaired) electrons. The van der Waals surface area contributed by atoms with E-state index in [0.717, 1.165) is 51.0 Å². The number of nitrogens with zero attached hydrogens (tertiary/aromatic N) is 2. The molecule has 0 amide bonds. The van der Waals surface area contributed by atoms with Crippen molar-refractivity contribution in [2.75, 3.05) is 25.9 Å². The van der Waals surface area contributed by atoms with Crippen LogP contribution in [0.1, 0.15) is 31.4 Å². The second-order valence-electron chi connectivity index (χ2n) is 6.72. The van der Waals surface area contributed by atoms with Crippen LogP contribution in [0, 0.1) is 0 Å². The lowest BCUT2D eigenvalue weighted by atomic mass is 9.90. The van der Waals surface area contributed by atoms with Crippen molar-refractivity contribution in [1.82, 2.24) is 14.6 Å². The van der Waals surface area contributed by atoms with Gasteiger partial charge in [0.25, 0.3) is 0 Å². The number of likely N-dealkylation sites (tertiary alicyclic amines) is 1. The van der Waals surface area contributed by atoms with Gasteiger partial charge in [-0.2, -0.15) is 0 Å². The molecule has 2 saturated heterocycles. The Labute approximate surface area is 138 Å². The van der Waals surface area contributed by atoms with Crippen molar-refractivity contribution in [1.29, 1.82) is 0 Å². The van der Waals surface area contributed by atoms with E-state index in [1.807, 2.05) is 24.4 Å². The molecule has 2 aliphatic heterocycles. The van der Waals surface area contributed by atoms with Crippen LogP contribution in [0.15, 0.2) is 24.4 Å². The highest BCUT2D eigenvalue weighted by molar-refractivity contribution is 7.88. The van der Waals surface area contributed by atoms with Crippen LogP contribution in [0.3, 0.4) is 0 Å². The maximum Gasteiger partial charge on any atom is 0.208 e. The summed E-state index contributed by atoms with van der Waals surface area (Å²) in [4.78, 5) is 6.77. The molecule has 1 aromatic rings. The van der Waals surface area contributed by atoms with E-state index in [2.05, 4.69) is 14.6 Å². The number of ether oxygens (including phenoxy) is 1. The number of hydrogen-bond acceptors (Lipinski definition) is 5. The zero-order valence-corrected chi connectivity index (χ0v) is 14.4. The van der Waals surface area contributed by atoms with E-state index in [9.17, 15) is 8.42 Å². The van der Waals surface area contributed by atoms with Gasteiger partial charge in [0, 0.05) is 32.4 Å². The molecule has 23 heavy (non-hydrogen) atoms. The fraction of sp³-hybridized carbons (Fsp3) is 0.688. The first kappa shape index (κ1) is 16.8. The van der Waals surface area contributed by atoms with Crippen molar-refractivity contribution >= 4 is 10.0 Å². The first-order chi connectivity index (χ1) is 10.9. The molecule has 1 spiro atoms. The fourth-order valence-corrected chi connectivity index (χ4v) is 4.08. The van der Waals surface area contributed by atoms with E-state index in [-0.39, 0.29) is 11.7 Å². The highest BCUT2D eigenvalue weighted by Gasteiger charge is 2.42. The molecular weight excluding hydrogens is 314 g/mol. The molecule has 0 unspecified atom stereocenters. The monoisotopic (exact) mass is 339 g/mol. The zero-order chi connectivity index (χ0) is 16.3. The molecule has 0 aromatic carbocycles. The van der Waals surface area contributed by atoms with Gasteiger partial charge in [0.15, 0.2) is 0 Å². The minimum atomic E-state index is -3.16. The number of aromatic nitrogens is 1. The van der Waals surface area contributed by atoms with Crippen molar-refractivity contribution in [3.63, 3.8) is 0 Å². The van der Waals surface area contributed by atoms with Crippen molar-refractivity contribution in [2.45, 2.75) is 43.9 Å². The molecule has 2 atom stereocenters. The first-order valence-electron chi connectivity index (χ1n) is 8.19. The smallest absolute Gasteiger partial charge is 0.208 e. The average molecular weight is 339 g/mol. The summed E-state index contributed by atoms with van der Waals surface area (Å²) < 4.78 is 31.4. The summed E-state index contributed by atoms with van der Waals surface area (Å²) >= 11 is 0. The van der Waals surface area contributed by atoms with Crippen LogP contribution in [0.25, 0.3) is 0 Å². The topological polar surface area (TPSA) is 71.5 Å². The van der Waals surface area contributed by atoms with Crippen molar-refractivity contribution < 1.29 is 13.2 Å². The Balaban J connectivity index is 1.55. The third kappa shape index (κ3) is 4.73. The zero-order valence-electron chi connectivity index (χ0n) is 13.6. The number of sulfonamides is 1. The van der Waals surface area contributed by atoms with Crippen LogP contribution in [0.2, 0.25) is 0 Å². The van der Waals surface area contributed by atoms with Gasteiger partial charge in [0.2, 0.25) is 10.0 Å². The van der Waals surface area contributed by atoms with Crippen LogP contribution in [-0.4, -0.2) is 55.9 Å². The number of hydrogen-bond donors (Lipinski definition) is 1. The normalized spacial score (nSPS) is 29.2. The summed E-state index contributed by atoms with van der Waals surface area (Å²) in [5.41, 5.74) is 0.965. The average Bonchev–Trinajstić information content (AvgIpc) is 2.88. The van der Waals surface area contributed by atoms with Gasteiger partial charge in [-0.25, -0.2) is 13.1 Å². The van der Waals surface area contributed by atoms with E-state index in [0.29, 0.717) is 6.54 Å². The predicted molar refractivity (Wildman–Crippen MR) is 88.4 cm³/mol. The Hall–Kier alpha value is -1.02. The maximum absolute atomic E-state index is 11.3. The fourth-order valence-electron chi connectivity index (χ4n) is 3.59. The van der Waals surface area contributed by atoms with Gasteiger partial charge in [-0.3, -0.25) is 9.88 Å². The van der Waals surface area contributed by atoms with Gasteiger partial charge in [-0.15, -0.1) is 0 Å². The van der Waals surface area contributed by atoms with Crippen LogP contribution in [0.5, 0.6) is 0 Å². The molecule has 0 saturated carbocycles. The van der Waals surface area contributed by atoms with Gasteiger partial charge >= 0.3 is 0 Å². The lowest BCUT2D eigenvalue weighted by Gasteiger charge is -2.38. The second-order valence-corrected chi connectivity index (χ2v) is 8.55. The summed E-state index contributed by atoms with van der Waals surface area (Å²) in [5.74, 6) is 0. The molecule has 128 valence electrons. The quantitative estimate of drug-likeness (QED) is 0.871. The highest BCUT2D eigenvalue weighted by Crippen LogP contribution is 2.36. The number of rotatable bonds is 5. The molecule has 2 fully saturated rings. The molecule has 2 aliphatic rings. The van der Waals surface area contributed by atoms with Crippen LogP contribution in [-0.2, 0) is 21.3 Å². The summed E-state index contributed by atoms with van der Waals surface area (Å²) in [6.45, 7) is 3.13. The molecule has 7 heteroatoms. The Bertz CT molecular complexity index is 623. The Morgan fingerprint density at radius 3 is 3.04 bits per heavy atom. The molecule has 3 heterocycles. The van der Waals surface area contributed by atoms with E-state index >= 15 is 0 Å². The largest absolute Gasteiger partial charge is 0.369 e. The van der Waals surface area contributed by atoms with Gasteiger partial charge in [-0.05, 0) is 37.8 Å². The molecular formula is C16H25N3O3S. The molecule has 0 bridgehead atoms. The van der Waals surface area contributed by atoms with E-state index in [4.69, 9.17) is 4.74 Å². The summed E-state index contributed by atoms with van der Waals surface area (Å²) in [6, 6.07) is 5.99. The minimum absolute atomic E-state index is 0.0201. The second kappa shape index (κ2) is 6.84.